The molecule has 0 aromatic carbocycles. The van der Waals surface area contributed by atoms with Crippen LogP contribution in [-0.4, -0.2) is 96.7 Å². The van der Waals surface area contributed by atoms with E-state index < -0.39 is 97.5 Å². The lowest BCUT2D eigenvalue weighted by molar-refractivity contribution is -0.161. The maximum atomic E-state index is 13.1. The number of hydrogen-bond donors (Lipinski definition) is 3. The fourth-order valence-corrected chi connectivity index (χ4v) is 11.7. The highest BCUT2D eigenvalue weighted by Gasteiger charge is 2.30. The highest BCUT2D eigenvalue weighted by Crippen LogP contribution is 2.45. The third-order valence-corrected chi connectivity index (χ3v) is 18.1. The van der Waals surface area contributed by atoms with Gasteiger partial charge in [0.1, 0.15) is 19.3 Å². The quantitative estimate of drug-likeness (QED) is 0.0169. The molecule has 0 saturated carbocycles. The fraction of sp³-hybridized carbons (Fsp3) is 0.728. The molecule has 0 aliphatic rings. The van der Waals surface area contributed by atoms with Crippen molar-refractivity contribution in [3.05, 3.63) is 109 Å². The molecule has 0 amide bonds. The van der Waals surface area contributed by atoms with E-state index in [1.807, 2.05) is 12.2 Å². The summed E-state index contributed by atoms with van der Waals surface area (Å²) in [5.41, 5.74) is 0. The number of hydrogen-bond acceptors (Lipinski definition) is 15. The van der Waals surface area contributed by atoms with Gasteiger partial charge in [0.2, 0.25) is 0 Å². The summed E-state index contributed by atoms with van der Waals surface area (Å²) in [5.74, 6) is -2.27. The van der Waals surface area contributed by atoms with E-state index in [1.54, 1.807) is 0 Å². The molecule has 100 heavy (non-hydrogen) atoms. The van der Waals surface area contributed by atoms with Gasteiger partial charge in [0.25, 0.3) is 0 Å². The zero-order valence-corrected chi connectivity index (χ0v) is 64.6. The van der Waals surface area contributed by atoms with E-state index in [2.05, 4.69) is 125 Å². The first-order valence-electron chi connectivity index (χ1n) is 39.1. The van der Waals surface area contributed by atoms with Crippen LogP contribution in [0.4, 0.5) is 0 Å². The largest absolute Gasteiger partial charge is 0.472 e. The molecule has 0 aliphatic heterocycles. The molecule has 19 heteroatoms. The SMILES string of the molecule is CCCCC/C=C\C/C=C\C/C=C\C/C=C\CCCC(=O)OC[C@H](COP(=O)(O)OC[C@@H](O)COP(=O)(O)OC[C@@H](COC(=O)CCCCCCC/C=C\CCCCCC)OC(=O)CCCCCCC/C=C\C/C=C\CCCCC)OC(=O)CCCCCCC/C=C\C/C=C\CCCCC. The molecule has 0 spiro atoms. The van der Waals surface area contributed by atoms with Crippen molar-refractivity contribution in [2.24, 2.45) is 0 Å². The van der Waals surface area contributed by atoms with Crippen molar-refractivity contribution >= 4 is 39.5 Å². The molecule has 0 saturated heterocycles. The van der Waals surface area contributed by atoms with Gasteiger partial charge in [0.05, 0.1) is 26.4 Å². The third kappa shape index (κ3) is 72.1. The topological polar surface area (TPSA) is 237 Å². The van der Waals surface area contributed by atoms with Gasteiger partial charge in [-0.3, -0.25) is 37.3 Å². The van der Waals surface area contributed by atoms with Gasteiger partial charge >= 0.3 is 39.5 Å². The number of carbonyl (C=O) groups is 4. The van der Waals surface area contributed by atoms with Gasteiger partial charge in [-0.05, 0) is 154 Å². The summed E-state index contributed by atoms with van der Waals surface area (Å²) in [6.07, 6.45) is 77.9. The van der Waals surface area contributed by atoms with Crippen molar-refractivity contribution in [1.82, 2.24) is 0 Å². The number of phosphoric acid groups is 2. The predicted molar refractivity (Wildman–Crippen MR) is 408 cm³/mol. The summed E-state index contributed by atoms with van der Waals surface area (Å²) in [6.45, 7) is 4.69. The third-order valence-electron chi connectivity index (χ3n) is 16.2. The van der Waals surface area contributed by atoms with Crippen LogP contribution in [0, 0.1) is 0 Å². The second-order valence-electron chi connectivity index (χ2n) is 25.9. The van der Waals surface area contributed by atoms with Crippen LogP contribution >= 0.6 is 15.6 Å². The molecular weight excluding hydrogens is 1310 g/mol. The standard InChI is InChI=1S/C81H140O17P2/c1-5-9-13-17-21-25-29-33-36-37-40-42-46-50-54-58-62-66-79(84)92-72-77(98-81(86)68-64-60-56-52-48-44-39-35-31-27-23-19-15-11-7-3)74-96-100(89,90)94-70-75(82)69-93-99(87,88)95-73-76(71-91-78(83)65-61-57-53-49-45-41-32-28-24-20-16-12-8-4)97-80(85)67-63-59-55-51-47-43-38-34-30-26-22-18-14-10-6-2/h21-23,25-28,32-36,38-40,42,50,54,75-77,82H,5-20,24,29-31,37,41,43-49,51-53,55-74H2,1-4H3,(H,87,88)(H,89,90)/b25-21-,26-22-,27-23-,32-28-,36-33-,38-34-,39-35-,42-40-,54-50-/t75-,76+,77+/m0/s1. The normalized spacial score (nSPS) is 14.5. The van der Waals surface area contributed by atoms with Gasteiger partial charge in [-0.1, -0.05) is 253 Å². The molecule has 0 bridgehead atoms. The van der Waals surface area contributed by atoms with E-state index in [-0.39, 0.29) is 25.7 Å². The number of allylic oxidation sites excluding steroid dienone is 18. The van der Waals surface area contributed by atoms with Gasteiger partial charge in [0, 0.05) is 25.7 Å². The molecule has 0 aromatic rings. The van der Waals surface area contributed by atoms with Crippen molar-refractivity contribution in [2.75, 3.05) is 39.6 Å². The molecule has 576 valence electrons. The van der Waals surface area contributed by atoms with Crippen LogP contribution in [0.5, 0.6) is 0 Å². The van der Waals surface area contributed by atoms with E-state index in [0.29, 0.717) is 32.1 Å². The first-order valence-corrected chi connectivity index (χ1v) is 42.1. The zero-order valence-electron chi connectivity index (χ0n) is 62.8. The summed E-state index contributed by atoms with van der Waals surface area (Å²) in [4.78, 5) is 72.9. The van der Waals surface area contributed by atoms with Crippen molar-refractivity contribution < 1.29 is 80.2 Å². The Balaban J connectivity index is 5.43. The number of unbranched alkanes of at least 4 members (excludes halogenated alkanes) is 29. The maximum absolute atomic E-state index is 13.1. The van der Waals surface area contributed by atoms with Gasteiger partial charge in [0.15, 0.2) is 12.2 Å². The fourth-order valence-electron chi connectivity index (χ4n) is 10.1. The smallest absolute Gasteiger partial charge is 0.462 e. The van der Waals surface area contributed by atoms with Crippen LogP contribution in [-0.2, 0) is 65.4 Å². The first-order chi connectivity index (χ1) is 48.7. The zero-order chi connectivity index (χ0) is 73.2. The van der Waals surface area contributed by atoms with E-state index >= 15 is 0 Å². The van der Waals surface area contributed by atoms with Crippen LogP contribution < -0.4 is 0 Å². The van der Waals surface area contributed by atoms with Crippen molar-refractivity contribution in [1.29, 1.82) is 0 Å². The van der Waals surface area contributed by atoms with Crippen LogP contribution in [0.15, 0.2) is 109 Å². The summed E-state index contributed by atoms with van der Waals surface area (Å²) in [6, 6.07) is 0. The van der Waals surface area contributed by atoms with E-state index in [9.17, 15) is 43.2 Å². The molecule has 0 fully saturated rings. The number of rotatable bonds is 73. The molecule has 17 nitrogen and oxygen atoms in total. The Bertz CT molecular complexity index is 2320. The minimum atomic E-state index is -4.99. The van der Waals surface area contributed by atoms with Crippen LogP contribution in [0.25, 0.3) is 0 Å². The van der Waals surface area contributed by atoms with Gasteiger partial charge < -0.3 is 33.8 Å². The Kier molecular flexibility index (Phi) is 69.9. The second-order valence-corrected chi connectivity index (χ2v) is 28.8. The van der Waals surface area contributed by atoms with Crippen molar-refractivity contribution in [3.63, 3.8) is 0 Å². The Morgan fingerprint density at radius 2 is 0.500 bits per heavy atom. The van der Waals surface area contributed by atoms with Gasteiger partial charge in [-0.2, -0.15) is 0 Å². The van der Waals surface area contributed by atoms with E-state index in [4.69, 9.17) is 37.0 Å². The van der Waals surface area contributed by atoms with Crippen LogP contribution in [0.1, 0.15) is 323 Å². The Morgan fingerprint density at radius 1 is 0.280 bits per heavy atom. The minimum absolute atomic E-state index is 0.0659. The lowest BCUT2D eigenvalue weighted by atomic mass is 10.1. The highest BCUT2D eigenvalue weighted by atomic mass is 31.2. The molecular formula is C81H140O17P2. The lowest BCUT2D eigenvalue weighted by Gasteiger charge is -2.21. The molecule has 0 heterocycles. The van der Waals surface area contributed by atoms with E-state index in [0.717, 1.165) is 154 Å². The number of carbonyl (C=O) groups excluding carboxylic acids is 4. The summed E-state index contributed by atoms with van der Waals surface area (Å²) >= 11 is 0. The monoisotopic (exact) mass is 1450 g/mol. The number of ether oxygens (including phenoxy) is 4. The van der Waals surface area contributed by atoms with Crippen molar-refractivity contribution in [2.45, 2.75) is 341 Å². The van der Waals surface area contributed by atoms with Crippen LogP contribution in [0.2, 0.25) is 0 Å². The molecule has 2 unspecified atom stereocenters. The lowest BCUT2D eigenvalue weighted by Crippen LogP contribution is -2.30. The summed E-state index contributed by atoms with van der Waals surface area (Å²) in [5, 5.41) is 10.6. The highest BCUT2D eigenvalue weighted by molar-refractivity contribution is 7.47. The maximum Gasteiger partial charge on any atom is 0.472 e. The number of aliphatic hydroxyl groups excluding tert-OH is 1. The number of aliphatic hydroxyl groups is 1. The second kappa shape index (κ2) is 73.0. The summed E-state index contributed by atoms with van der Waals surface area (Å²) in [7, 11) is -9.98. The molecule has 0 radical (unpaired) electrons. The Morgan fingerprint density at radius 3 is 0.820 bits per heavy atom. The average molecular weight is 1450 g/mol. The minimum Gasteiger partial charge on any atom is -0.462 e. The molecule has 0 rings (SSSR count). The predicted octanol–water partition coefficient (Wildman–Crippen LogP) is 22.6. The number of esters is 4. The molecule has 0 aliphatic carbocycles. The summed E-state index contributed by atoms with van der Waals surface area (Å²) < 4.78 is 68.4. The Hall–Kier alpha value is -4.28. The molecule has 5 atom stereocenters. The van der Waals surface area contributed by atoms with Gasteiger partial charge in [-0.15, -0.1) is 0 Å². The molecule has 3 N–H and O–H groups in total. The first kappa shape index (κ1) is 95.7. The average Bonchev–Trinajstić information content (AvgIpc) is 0.945. The van der Waals surface area contributed by atoms with E-state index in [1.165, 1.54) is 83.5 Å². The molecule has 0 aromatic heterocycles. The Labute approximate surface area is 607 Å². The van der Waals surface area contributed by atoms with Gasteiger partial charge in [-0.25, -0.2) is 9.13 Å². The number of phosphoric ester groups is 2. The van der Waals surface area contributed by atoms with Crippen LogP contribution in [0.3, 0.4) is 0 Å². The van der Waals surface area contributed by atoms with Crippen molar-refractivity contribution in [3.8, 4) is 0 Å².